The van der Waals surface area contributed by atoms with Crippen molar-refractivity contribution in [1.82, 2.24) is 10.1 Å². The Morgan fingerprint density at radius 1 is 0.421 bits per heavy atom. The summed E-state index contributed by atoms with van der Waals surface area (Å²) in [5, 5.41) is 4.19. The topological polar surface area (TPSA) is 15.7 Å². The van der Waals surface area contributed by atoms with E-state index in [0.717, 1.165) is 0 Å². The Morgan fingerprint density at radius 2 is 0.579 bits per heavy atom. The van der Waals surface area contributed by atoms with E-state index in [1.54, 1.807) is 0 Å². The summed E-state index contributed by atoms with van der Waals surface area (Å²) in [5.41, 5.74) is -0.250. The van der Waals surface area contributed by atoms with E-state index in [9.17, 15) is 0 Å². The lowest BCUT2D eigenvalue weighted by atomic mass is 9.99. The number of hydrogen-bond donors (Lipinski definition) is 0. The van der Waals surface area contributed by atoms with Crippen LogP contribution >= 0.6 is 0 Å². The van der Waals surface area contributed by atoms with Crippen LogP contribution in [-0.2, 0) is 4.94 Å². The fraction of sp³-hybridized carbons (Fsp3) is 1.00. The van der Waals surface area contributed by atoms with Gasteiger partial charge in [0.2, 0.25) is 0 Å². The second kappa shape index (κ2) is 5.34. The summed E-state index contributed by atoms with van der Waals surface area (Å²) in [7, 11) is 0. The molecule has 0 aliphatic rings. The molecule has 3 nitrogen and oxygen atoms in total. The Labute approximate surface area is 121 Å². The third-order valence-electron chi connectivity index (χ3n) is 2.60. The van der Waals surface area contributed by atoms with Crippen LogP contribution in [0.1, 0.15) is 83.1 Å². The standard InChI is InChI=1S/C16H36N2O/c1-13(2,3)17(14(4,5)6)19-18(15(7,8)9)16(10,11)12/h1-12H3. The van der Waals surface area contributed by atoms with Crippen LogP contribution < -0.4 is 0 Å². The summed E-state index contributed by atoms with van der Waals surface area (Å²) in [5.74, 6) is 0. The van der Waals surface area contributed by atoms with Crippen LogP contribution in [0.2, 0.25) is 0 Å². The molecular weight excluding hydrogens is 236 g/mol. The number of hydroxylamine groups is 4. The van der Waals surface area contributed by atoms with Gasteiger partial charge in [-0.15, -0.1) is 0 Å². The smallest absolute Gasteiger partial charge is 0.0403 e. The first-order valence-corrected chi connectivity index (χ1v) is 7.26. The average Bonchev–Trinajstić information content (AvgIpc) is 1.91. The second-order valence-electron chi connectivity index (χ2n) is 9.35. The van der Waals surface area contributed by atoms with Gasteiger partial charge < -0.3 is 0 Å². The summed E-state index contributed by atoms with van der Waals surface area (Å²) in [4.78, 5) is 6.38. The minimum Gasteiger partial charge on any atom is -0.206 e. The van der Waals surface area contributed by atoms with Crippen LogP contribution in [0.3, 0.4) is 0 Å². The van der Waals surface area contributed by atoms with E-state index in [1.807, 2.05) is 0 Å². The van der Waals surface area contributed by atoms with Crippen LogP contribution in [-0.4, -0.2) is 32.3 Å². The van der Waals surface area contributed by atoms with Gasteiger partial charge in [-0.05, 0) is 83.1 Å². The molecule has 3 heteroatoms. The molecule has 0 heterocycles. The molecule has 0 saturated carbocycles. The van der Waals surface area contributed by atoms with Gasteiger partial charge >= 0.3 is 0 Å². The highest BCUT2D eigenvalue weighted by molar-refractivity contribution is 4.85. The van der Waals surface area contributed by atoms with Crippen molar-refractivity contribution in [2.45, 2.75) is 105 Å². The summed E-state index contributed by atoms with van der Waals surface area (Å²) in [6, 6.07) is 0. The lowest BCUT2D eigenvalue weighted by Crippen LogP contribution is -2.61. The van der Waals surface area contributed by atoms with Crippen LogP contribution in [0, 0.1) is 0 Å². The van der Waals surface area contributed by atoms with Gasteiger partial charge in [-0.1, -0.05) is 0 Å². The van der Waals surface area contributed by atoms with Crippen LogP contribution in [0.5, 0.6) is 0 Å². The van der Waals surface area contributed by atoms with Gasteiger partial charge in [-0.25, -0.2) is 4.94 Å². The first-order valence-electron chi connectivity index (χ1n) is 7.26. The van der Waals surface area contributed by atoms with Gasteiger partial charge in [-0.2, -0.15) is 10.1 Å². The Hall–Kier alpha value is -0.120. The van der Waals surface area contributed by atoms with Crippen molar-refractivity contribution in [3.63, 3.8) is 0 Å². The maximum Gasteiger partial charge on any atom is 0.0403 e. The molecule has 0 aromatic heterocycles. The molecule has 0 radical (unpaired) electrons. The molecule has 0 atom stereocenters. The van der Waals surface area contributed by atoms with Crippen molar-refractivity contribution >= 4 is 0 Å². The first kappa shape index (κ1) is 18.9. The molecule has 0 bridgehead atoms. The maximum absolute atomic E-state index is 6.38. The van der Waals surface area contributed by atoms with Crippen LogP contribution in [0.25, 0.3) is 0 Å². The van der Waals surface area contributed by atoms with E-state index in [-0.39, 0.29) is 22.2 Å². The highest BCUT2D eigenvalue weighted by atomic mass is 16.8. The largest absolute Gasteiger partial charge is 0.206 e. The average molecular weight is 272 g/mol. The fourth-order valence-electron chi connectivity index (χ4n) is 2.58. The van der Waals surface area contributed by atoms with Crippen molar-refractivity contribution in [3.8, 4) is 0 Å². The zero-order valence-corrected chi connectivity index (χ0v) is 15.3. The van der Waals surface area contributed by atoms with E-state index >= 15 is 0 Å². The maximum atomic E-state index is 6.38. The quantitative estimate of drug-likeness (QED) is 0.682. The van der Waals surface area contributed by atoms with E-state index in [2.05, 4.69) is 93.2 Å². The molecular formula is C16H36N2O. The van der Waals surface area contributed by atoms with Gasteiger partial charge in [0.15, 0.2) is 0 Å². The molecule has 116 valence electrons. The van der Waals surface area contributed by atoms with Gasteiger partial charge in [0.1, 0.15) is 0 Å². The van der Waals surface area contributed by atoms with E-state index in [0.29, 0.717) is 0 Å². The lowest BCUT2D eigenvalue weighted by Gasteiger charge is -2.51. The van der Waals surface area contributed by atoms with Crippen molar-refractivity contribution in [2.75, 3.05) is 0 Å². The Morgan fingerprint density at radius 3 is 0.684 bits per heavy atom. The van der Waals surface area contributed by atoms with E-state index in [4.69, 9.17) is 4.94 Å². The third-order valence-corrected chi connectivity index (χ3v) is 2.60. The molecule has 0 spiro atoms. The Bertz CT molecular complexity index is 226. The molecule has 0 rings (SSSR count). The summed E-state index contributed by atoms with van der Waals surface area (Å²) in [6.45, 7) is 26.2. The predicted octanol–water partition coefficient (Wildman–Crippen LogP) is 4.63. The summed E-state index contributed by atoms with van der Waals surface area (Å²) >= 11 is 0. The number of nitrogens with zero attached hydrogens (tertiary/aromatic N) is 2. The van der Waals surface area contributed by atoms with Crippen molar-refractivity contribution in [2.24, 2.45) is 0 Å². The van der Waals surface area contributed by atoms with E-state index in [1.165, 1.54) is 0 Å². The van der Waals surface area contributed by atoms with Gasteiger partial charge in [-0.3, -0.25) is 0 Å². The van der Waals surface area contributed by atoms with Crippen LogP contribution in [0.4, 0.5) is 0 Å². The van der Waals surface area contributed by atoms with Gasteiger partial charge in [0, 0.05) is 22.2 Å². The SMILES string of the molecule is CC(C)(C)N(ON(C(C)(C)C)C(C)(C)C)C(C)(C)C. The normalized spacial score (nSPS) is 15.5. The zero-order chi connectivity index (χ0) is 15.9. The summed E-state index contributed by atoms with van der Waals surface area (Å²) < 4.78 is 0. The van der Waals surface area contributed by atoms with Crippen molar-refractivity contribution in [1.29, 1.82) is 0 Å². The second-order valence-corrected chi connectivity index (χ2v) is 9.35. The monoisotopic (exact) mass is 272 g/mol. The molecule has 0 N–H and O–H groups in total. The molecule has 0 aliphatic carbocycles. The Balaban J connectivity index is 5.43. The molecule has 0 amide bonds. The highest BCUT2D eigenvalue weighted by Crippen LogP contribution is 2.32. The first-order chi connectivity index (χ1) is 7.97. The fourth-order valence-corrected chi connectivity index (χ4v) is 2.58. The molecule has 0 unspecified atom stereocenters. The molecule has 0 aliphatic heterocycles. The van der Waals surface area contributed by atoms with Crippen molar-refractivity contribution < 1.29 is 4.94 Å². The van der Waals surface area contributed by atoms with Crippen molar-refractivity contribution in [3.05, 3.63) is 0 Å². The molecule has 0 saturated heterocycles. The number of rotatable bonds is 2. The molecule has 0 aromatic rings. The van der Waals surface area contributed by atoms with Gasteiger partial charge in [0.25, 0.3) is 0 Å². The zero-order valence-electron chi connectivity index (χ0n) is 15.3. The van der Waals surface area contributed by atoms with Gasteiger partial charge in [0.05, 0.1) is 0 Å². The Kier molecular flexibility index (Phi) is 5.31. The lowest BCUT2D eigenvalue weighted by molar-refractivity contribution is -0.423. The minimum absolute atomic E-state index is 0.0625. The highest BCUT2D eigenvalue weighted by Gasteiger charge is 2.41. The minimum atomic E-state index is -0.0625. The third kappa shape index (κ3) is 5.80. The van der Waals surface area contributed by atoms with E-state index < -0.39 is 0 Å². The van der Waals surface area contributed by atoms with Crippen LogP contribution in [0.15, 0.2) is 0 Å². The summed E-state index contributed by atoms with van der Waals surface area (Å²) in [6.07, 6.45) is 0. The molecule has 19 heavy (non-hydrogen) atoms. The molecule has 0 fully saturated rings. The predicted molar refractivity (Wildman–Crippen MR) is 83.8 cm³/mol. The number of hydrogen-bond acceptors (Lipinski definition) is 3. The molecule has 0 aromatic carbocycles.